The Hall–Kier alpha value is -3.61. The maximum atomic E-state index is 12.9. The van der Waals surface area contributed by atoms with E-state index in [0.29, 0.717) is 5.89 Å². The van der Waals surface area contributed by atoms with Crippen LogP contribution in [-0.4, -0.2) is 41.9 Å². The standard InChI is InChI=1S/C26H29N3O4/c1-18-7-6-8-20(15-18)24(28-23(30)16-19-9-11-21(32-2)12-10-19)25-27-22(17-33-25)26(31)29-13-4-3-5-14-29/h6-12,15,17,24H,3-5,13-14,16H2,1-2H3,(H,28,30). The van der Waals surface area contributed by atoms with Gasteiger partial charge in [0.2, 0.25) is 11.8 Å². The molecule has 1 fully saturated rings. The zero-order valence-corrected chi connectivity index (χ0v) is 19.0. The van der Waals surface area contributed by atoms with E-state index in [1.54, 1.807) is 7.11 Å². The van der Waals surface area contributed by atoms with E-state index in [1.165, 1.54) is 6.26 Å². The van der Waals surface area contributed by atoms with Gasteiger partial charge in [0.05, 0.1) is 13.5 Å². The molecule has 1 aromatic heterocycles. The zero-order valence-electron chi connectivity index (χ0n) is 19.0. The molecule has 0 saturated carbocycles. The Labute approximate surface area is 193 Å². The number of aryl methyl sites for hydroxylation is 1. The highest BCUT2D eigenvalue weighted by Gasteiger charge is 2.26. The summed E-state index contributed by atoms with van der Waals surface area (Å²) in [7, 11) is 1.61. The molecular formula is C26H29N3O4. The van der Waals surface area contributed by atoms with Gasteiger partial charge < -0.3 is 19.4 Å². The number of methoxy groups -OCH3 is 1. The Morgan fingerprint density at radius 1 is 1.12 bits per heavy atom. The number of amides is 2. The average molecular weight is 448 g/mol. The number of carbonyl (C=O) groups is 2. The van der Waals surface area contributed by atoms with Gasteiger partial charge >= 0.3 is 0 Å². The van der Waals surface area contributed by atoms with Crippen LogP contribution in [0.5, 0.6) is 5.75 Å². The van der Waals surface area contributed by atoms with Crippen LogP contribution in [0.25, 0.3) is 0 Å². The van der Waals surface area contributed by atoms with Crippen molar-refractivity contribution < 1.29 is 18.7 Å². The number of ether oxygens (including phenoxy) is 1. The summed E-state index contributed by atoms with van der Waals surface area (Å²) in [5.41, 5.74) is 3.04. The zero-order chi connectivity index (χ0) is 23.2. The summed E-state index contributed by atoms with van der Waals surface area (Å²) in [6.07, 6.45) is 4.74. The van der Waals surface area contributed by atoms with Crippen LogP contribution in [0.4, 0.5) is 0 Å². The molecule has 1 aliphatic rings. The lowest BCUT2D eigenvalue weighted by Crippen LogP contribution is -2.36. The minimum atomic E-state index is -0.599. The Morgan fingerprint density at radius 3 is 2.58 bits per heavy atom. The number of hydrogen-bond acceptors (Lipinski definition) is 5. The first-order chi connectivity index (χ1) is 16.0. The van der Waals surface area contributed by atoms with E-state index in [9.17, 15) is 9.59 Å². The summed E-state index contributed by atoms with van der Waals surface area (Å²) in [6.45, 7) is 3.46. The molecule has 3 aromatic rings. The minimum Gasteiger partial charge on any atom is -0.497 e. The quantitative estimate of drug-likeness (QED) is 0.590. The lowest BCUT2D eigenvalue weighted by Gasteiger charge is -2.25. The fraction of sp³-hybridized carbons (Fsp3) is 0.346. The summed E-state index contributed by atoms with van der Waals surface area (Å²) in [4.78, 5) is 32.1. The highest BCUT2D eigenvalue weighted by molar-refractivity contribution is 5.92. The molecule has 1 saturated heterocycles. The number of carbonyl (C=O) groups excluding carboxylic acids is 2. The van der Waals surface area contributed by atoms with Crippen LogP contribution in [0.1, 0.15) is 58.4 Å². The molecule has 0 radical (unpaired) electrons. The van der Waals surface area contributed by atoms with Gasteiger partial charge in [-0.15, -0.1) is 0 Å². The smallest absolute Gasteiger partial charge is 0.275 e. The number of likely N-dealkylation sites (tertiary alicyclic amines) is 1. The normalized spacial score (nSPS) is 14.5. The maximum Gasteiger partial charge on any atom is 0.275 e. The molecule has 0 aliphatic carbocycles. The number of nitrogens with one attached hydrogen (secondary N) is 1. The number of aromatic nitrogens is 1. The van der Waals surface area contributed by atoms with Crippen LogP contribution < -0.4 is 10.1 Å². The number of oxazole rings is 1. The summed E-state index contributed by atoms with van der Waals surface area (Å²) >= 11 is 0. The largest absolute Gasteiger partial charge is 0.497 e. The monoisotopic (exact) mass is 447 g/mol. The Kier molecular flexibility index (Phi) is 7.07. The van der Waals surface area contributed by atoms with E-state index in [4.69, 9.17) is 9.15 Å². The minimum absolute atomic E-state index is 0.128. The van der Waals surface area contributed by atoms with Crippen molar-refractivity contribution in [2.45, 2.75) is 38.6 Å². The fourth-order valence-electron chi connectivity index (χ4n) is 4.06. The van der Waals surface area contributed by atoms with Gasteiger partial charge in [-0.25, -0.2) is 4.98 Å². The third kappa shape index (κ3) is 5.61. The van der Waals surface area contributed by atoms with E-state index in [1.807, 2.05) is 60.4 Å². The van der Waals surface area contributed by atoms with Crippen LogP contribution in [0.2, 0.25) is 0 Å². The van der Waals surface area contributed by atoms with E-state index in [2.05, 4.69) is 10.3 Å². The average Bonchev–Trinajstić information content (AvgIpc) is 3.33. The second-order valence-corrected chi connectivity index (χ2v) is 8.36. The van der Waals surface area contributed by atoms with Gasteiger partial charge in [-0.05, 0) is 49.4 Å². The third-order valence-electron chi connectivity index (χ3n) is 5.84. The number of piperidine rings is 1. The summed E-state index contributed by atoms with van der Waals surface area (Å²) in [6, 6.07) is 14.6. The number of hydrogen-bond donors (Lipinski definition) is 1. The molecule has 2 amide bonds. The second-order valence-electron chi connectivity index (χ2n) is 8.36. The molecule has 1 unspecified atom stereocenters. The predicted octanol–water partition coefficient (Wildman–Crippen LogP) is 4.07. The Morgan fingerprint density at radius 2 is 1.88 bits per heavy atom. The van der Waals surface area contributed by atoms with Gasteiger partial charge in [-0.3, -0.25) is 9.59 Å². The fourth-order valence-corrected chi connectivity index (χ4v) is 4.06. The van der Waals surface area contributed by atoms with Crippen molar-refractivity contribution >= 4 is 11.8 Å². The topological polar surface area (TPSA) is 84.7 Å². The van der Waals surface area contributed by atoms with Crippen LogP contribution in [-0.2, 0) is 11.2 Å². The van der Waals surface area contributed by atoms with Crippen LogP contribution in [0.3, 0.4) is 0 Å². The summed E-state index contributed by atoms with van der Waals surface area (Å²) in [5.74, 6) is 0.734. The first-order valence-electron chi connectivity index (χ1n) is 11.3. The molecule has 0 bridgehead atoms. The second kappa shape index (κ2) is 10.3. The number of benzene rings is 2. The van der Waals surface area contributed by atoms with E-state index < -0.39 is 6.04 Å². The maximum absolute atomic E-state index is 12.9. The van der Waals surface area contributed by atoms with E-state index >= 15 is 0 Å². The first-order valence-corrected chi connectivity index (χ1v) is 11.3. The molecule has 1 atom stereocenters. The molecule has 1 N–H and O–H groups in total. The molecule has 172 valence electrons. The lowest BCUT2D eigenvalue weighted by atomic mass is 10.0. The van der Waals surface area contributed by atoms with Crippen molar-refractivity contribution in [2.24, 2.45) is 0 Å². The number of rotatable bonds is 7. The van der Waals surface area contributed by atoms with Gasteiger partial charge in [0, 0.05) is 13.1 Å². The Bertz CT molecular complexity index is 1100. The summed E-state index contributed by atoms with van der Waals surface area (Å²) < 4.78 is 10.9. The first kappa shape index (κ1) is 22.6. The molecule has 2 aromatic carbocycles. The Balaban J connectivity index is 1.54. The summed E-state index contributed by atoms with van der Waals surface area (Å²) in [5, 5.41) is 3.03. The molecule has 1 aliphatic heterocycles. The highest BCUT2D eigenvalue weighted by atomic mass is 16.5. The van der Waals surface area contributed by atoms with Crippen LogP contribution >= 0.6 is 0 Å². The van der Waals surface area contributed by atoms with Gasteiger partial charge in [-0.1, -0.05) is 42.0 Å². The lowest BCUT2D eigenvalue weighted by molar-refractivity contribution is -0.121. The molecule has 7 nitrogen and oxygen atoms in total. The van der Waals surface area contributed by atoms with Crippen molar-refractivity contribution in [2.75, 3.05) is 20.2 Å². The molecule has 2 heterocycles. The predicted molar refractivity (Wildman–Crippen MR) is 124 cm³/mol. The molecular weight excluding hydrogens is 418 g/mol. The van der Waals surface area contributed by atoms with Gasteiger partial charge in [0.15, 0.2) is 5.69 Å². The van der Waals surface area contributed by atoms with Crippen molar-refractivity contribution in [3.8, 4) is 5.75 Å². The SMILES string of the molecule is COc1ccc(CC(=O)NC(c2cccc(C)c2)c2nc(C(=O)N3CCCCC3)co2)cc1. The van der Waals surface area contributed by atoms with Gasteiger partial charge in [-0.2, -0.15) is 0 Å². The van der Waals surface area contributed by atoms with Crippen molar-refractivity contribution in [1.82, 2.24) is 15.2 Å². The number of nitrogens with zero attached hydrogens (tertiary/aromatic N) is 2. The van der Waals surface area contributed by atoms with E-state index in [-0.39, 0.29) is 23.9 Å². The van der Waals surface area contributed by atoms with Crippen molar-refractivity contribution in [3.63, 3.8) is 0 Å². The molecule has 33 heavy (non-hydrogen) atoms. The highest BCUT2D eigenvalue weighted by Crippen LogP contribution is 2.24. The van der Waals surface area contributed by atoms with Crippen LogP contribution in [0.15, 0.2) is 59.2 Å². The third-order valence-corrected chi connectivity index (χ3v) is 5.84. The van der Waals surface area contributed by atoms with E-state index in [0.717, 1.165) is 54.8 Å². The van der Waals surface area contributed by atoms with Gasteiger partial charge in [0.25, 0.3) is 5.91 Å². The molecule has 0 spiro atoms. The van der Waals surface area contributed by atoms with Crippen molar-refractivity contribution in [1.29, 1.82) is 0 Å². The molecule has 7 heteroatoms. The van der Waals surface area contributed by atoms with Crippen LogP contribution in [0, 0.1) is 6.92 Å². The van der Waals surface area contributed by atoms with Crippen molar-refractivity contribution in [3.05, 3.63) is 83.1 Å². The van der Waals surface area contributed by atoms with Gasteiger partial charge in [0.1, 0.15) is 18.1 Å². The molecule has 4 rings (SSSR count).